The zero-order valence-corrected chi connectivity index (χ0v) is 10.8. The number of thioether (sulfide) groups is 1. The second-order valence-electron chi connectivity index (χ2n) is 3.90. The number of aromatic amines is 1. The largest absolute Gasteiger partial charge is 0.493 e. The highest BCUT2D eigenvalue weighted by molar-refractivity contribution is 7.98. The fourth-order valence-electron chi connectivity index (χ4n) is 1.48. The Labute approximate surface area is 115 Å². The molecule has 4 nitrogen and oxygen atoms in total. The fraction of sp³-hybridized carbons (Fsp3) is 0.167. The number of hydrogen-bond donors (Lipinski definition) is 2. The van der Waals surface area contributed by atoms with Gasteiger partial charge in [-0.2, -0.15) is 18.2 Å². The van der Waals surface area contributed by atoms with Crippen molar-refractivity contribution in [1.29, 1.82) is 0 Å². The van der Waals surface area contributed by atoms with Crippen LogP contribution >= 0.6 is 11.8 Å². The van der Waals surface area contributed by atoms with Gasteiger partial charge in [0, 0.05) is 5.75 Å². The van der Waals surface area contributed by atoms with Gasteiger partial charge >= 0.3 is 6.18 Å². The number of aromatic nitrogens is 2. The quantitative estimate of drug-likeness (QED) is 0.676. The van der Waals surface area contributed by atoms with E-state index in [-0.39, 0.29) is 10.9 Å². The summed E-state index contributed by atoms with van der Waals surface area (Å²) >= 11 is 1.03. The molecule has 0 atom stereocenters. The first-order chi connectivity index (χ1) is 9.34. The third-order valence-corrected chi connectivity index (χ3v) is 3.28. The normalized spacial score (nSPS) is 11.6. The van der Waals surface area contributed by atoms with E-state index in [1.165, 1.54) is 6.07 Å². The predicted octanol–water partition coefficient (Wildman–Crippen LogP) is 2.79. The highest BCUT2D eigenvalue weighted by Gasteiger charge is 2.30. The van der Waals surface area contributed by atoms with Gasteiger partial charge < -0.3 is 10.1 Å². The zero-order valence-electron chi connectivity index (χ0n) is 9.94. The van der Waals surface area contributed by atoms with Crippen LogP contribution in [-0.2, 0) is 11.9 Å². The Morgan fingerprint density at radius 1 is 1.30 bits per heavy atom. The minimum atomic E-state index is -4.39. The monoisotopic (exact) mass is 302 g/mol. The average Bonchev–Trinajstić information content (AvgIpc) is 2.35. The molecule has 20 heavy (non-hydrogen) atoms. The van der Waals surface area contributed by atoms with Crippen LogP contribution in [0.15, 0.2) is 40.3 Å². The molecule has 1 aromatic heterocycles. The van der Waals surface area contributed by atoms with E-state index in [2.05, 4.69) is 9.97 Å². The van der Waals surface area contributed by atoms with Crippen LogP contribution in [0.25, 0.3) is 0 Å². The lowest BCUT2D eigenvalue weighted by atomic mass is 10.1. The zero-order chi connectivity index (χ0) is 14.8. The molecule has 0 radical (unpaired) electrons. The molecule has 2 N–H and O–H groups in total. The van der Waals surface area contributed by atoms with Crippen molar-refractivity contribution >= 4 is 11.8 Å². The third-order valence-electron chi connectivity index (χ3n) is 2.34. The number of rotatable bonds is 3. The predicted molar refractivity (Wildman–Crippen MR) is 67.5 cm³/mol. The molecule has 1 heterocycles. The van der Waals surface area contributed by atoms with E-state index in [1.807, 2.05) is 0 Å². The van der Waals surface area contributed by atoms with Crippen molar-refractivity contribution in [2.24, 2.45) is 0 Å². The summed E-state index contributed by atoms with van der Waals surface area (Å²) in [6, 6.07) is 5.80. The molecule has 0 fully saturated rings. The van der Waals surface area contributed by atoms with Crippen LogP contribution in [0.3, 0.4) is 0 Å². The molecule has 0 saturated heterocycles. The number of alkyl halides is 3. The number of H-pyrrole nitrogens is 1. The third kappa shape index (κ3) is 3.77. The highest BCUT2D eigenvalue weighted by atomic mass is 32.2. The maximum atomic E-state index is 12.5. The lowest BCUT2D eigenvalue weighted by Crippen LogP contribution is -2.06. The number of halogens is 3. The molecular weight excluding hydrogens is 293 g/mol. The lowest BCUT2D eigenvalue weighted by molar-refractivity contribution is -0.137. The molecule has 0 aliphatic carbocycles. The van der Waals surface area contributed by atoms with Gasteiger partial charge in [0.1, 0.15) is 0 Å². The van der Waals surface area contributed by atoms with E-state index in [1.54, 1.807) is 6.07 Å². The first kappa shape index (κ1) is 14.4. The maximum Gasteiger partial charge on any atom is 0.416 e. The van der Waals surface area contributed by atoms with Gasteiger partial charge in [-0.15, -0.1) is 0 Å². The summed E-state index contributed by atoms with van der Waals surface area (Å²) in [5, 5.41) is 9.29. The van der Waals surface area contributed by atoms with Crippen LogP contribution in [-0.4, -0.2) is 15.1 Å². The van der Waals surface area contributed by atoms with Crippen LogP contribution < -0.4 is 5.56 Å². The molecular formula is C12H9F3N2O2S. The summed E-state index contributed by atoms with van der Waals surface area (Å²) in [7, 11) is 0. The van der Waals surface area contributed by atoms with E-state index in [0.29, 0.717) is 5.56 Å². The van der Waals surface area contributed by atoms with Gasteiger partial charge in [-0.05, 0) is 11.6 Å². The van der Waals surface area contributed by atoms with Crippen LogP contribution in [0.1, 0.15) is 11.1 Å². The van der Waals surface area contributed by atoms with Crippen molar-refractivity contribution in [3.8, 4) is 5.88 Å². The van der Waals surface area contributed by atoms with Crippen LogP contribution in [0.5, 0.6) is 5.88 Å². The van der Waals surface area contributed by atoms with Gasteiger partial charge in [-0.25, -0.2) is 0 Å². The molecule has 2 aromatic rings. The van der Waals surface area contributed by atoms with Crippen molar-refractivity contribution in [2.75, 3.05) is 0 Å². The Hall–Kier alpha value is -1.96. The first-order valence-electron chi connectivity index (χ1n) is 5.44. The van der Waals surface area contributed by atoms with Gasteiger partial charge in [-0.1, -0.05) is 30.0 Å². The van der Waals surface area contributed by atoms with E-state index in [9.17, 15) is 18.0 Å². The Balaban J connectivity index is 2.13. The Bertz CT molecular complexity index is 670. The molecule has 0 unspecified atom stereocenters. The van der Waals surface area contributed by atoms with Crippen molar-refractivity contribution < 1.29 is 18.3 Å². The fourth-order valence-corrected chi connectivity index (χ4v) is 2.29. The van der Waals surface area contributed by atoms with Crippen molar-refractivity contribution in [3.05, 3.63) is 51.8 Å². The summed E-state index contributed by atoms with van der Waals surface area (Å²) in [6.07, 6.45) is -4.39. The van der Waals surface area contributed by atoms with Crippen LogP contribution in [0.2, 0.25) is 0 Å². The number of aromatic hydroxyl groups is 1. The molecule has 1 aromatic carbocycles. The van der Waals surface area contributed by atoms with E-state index < -0.39 is 23.2 Å². The summed E-state index contributed by atoms with van der Waals surface area (Å²) < 4.78 is 37.6. The minimum Gasteiger partial charge on any atom is -0.493 e. The SMILES string of the molecule is O=c1cc(O)nc(SCc2cccc(C(F)(F)F)c2)[nH]1. The van der Waals surface area contributed by atoms with Crippen molar-refractivity contribution in [3.63, 3.8) is 0 Å². The number of nitrogens with zero attached hydrogens (tertiary/aromatic N) is 1. The molecule has 0 aliphatic rings. The molecule has 0 amide bonds. The molecule has 2 rings (SSSR count). The van der Waals surface area contributed by atoms with Gasteiger partial charge in [-0.3, -0.25) is 4.79 Å². The summed E-state index contributed by atoms with van der Waals surface area (Å²) in [6.45, 7) is 0. The Morgan fingerprint density at radius 2 is 2.05 bits per heavy atom. The van der Waals surface area contributed by atoms with E-state index >= 15 is 0 Å². The second-order valence-corrected chi connectivity index (χ2v) is 4.86. The smallest absolute Gasteiger partial charge is 0.416 e. The number of hydrogen-bond acceptors (Lipinski definition) is 4. The van der Waals surface area contributed by atoms with Crippen molar-refractivity contribution in [2.45, 2.75) is 17.1 Å². The molecule has 0 spiro atoms. The van der Waals surface area contributed by atoms with Crippen LogP contribution in [0, 0.1) is 0 Å². The van der Waals surface area contributed by atoms with Crippen molar-refractivity contribution in [1.82, 2.24) is 9.97 Å². The standard InChI is InChI=1S/C12H9F3N2O2S/c13-12(14,15)8-3-1-2-7(4-8)6-20-11-16-9(18)5-10(19)17-11/h1-5H,6H2,(H2,16,17,18,19). The van der Waals surface area contributed by atoms with Gasteiger partial charge in [0.25, 0.3) is 5.56 Å². The Morgan fingerprint density at radius 3 is 2.70 bits per heavy atom. The number of nitrogens with one attached hydrogen (secondary N) is 1. The first-order valence-corrected chi connectivity index (χ1v) is 6.42. The molecule has 0 saturated carbocycles. The maximum absolute atomic E-state index is 12.5. The van der Waals surface area contributed by atoms with Crippen LogP contribution in [0.4, 0.5) is 13.2 Å². The summed E-state index contributed by atoms with van der Waals surface area (Å²) in [5.74, 6) is -0.239. The topological polar surface area (TPSA) is 66.0 Å². The van der Waals surface area contributed by atoms with Gasteiger partial charge in [0.05, 0.1) is 11.6 Å². The Kier molecular flexibility index (Phi) is 4.03. The number of benzene rings is 1. The average molecular weight is 302 g/mol. The molecule has 0 bridgehead atoms. The summed E-state index contributed by atoms with van der Waals surface area (Å²) in [4.78, 5) is 17.1. The van der Waals surface area contributed by atoms with E-state index in [0.717, 1.165) is 30.0 Å². The molecule has 106 valence electrons. The minimum absolute atomic E-state index is 0.146. The highest BCUT2D eigenvalue weighted by Crippen LogP contribution is 2.30. The van der Waals surface area contributed by atoms with E-state index in [4.69, 9.17) is 5.11 Å². The van der Waals surface area contributed by atoms with Gasteiger partial charge in [0.2, 0.25) is 5.88 Å². The molecule has 8 heteroatoms. The molecule has 0 aliphatic heterocycles. The van der Waals surface area contributed by atoms with Gasteiger partial charge in [0.15, 0.2) is 5.16 Å². The lowest BCUT2D eigenvalue weighted by Gasteiger charge is -2.08. The summed E-state index contributed by atoms with van der Waals surface area (Å²) in [5.41, 5.74) is -0.812. The second kappa shape index (κ2) is 5.58.